The summed E-state index contributed by atoms with van der Waals surface area (Å²) in [7, 11) is 0. The van der Waals surface area contributed by atoms with E-state index in [0.29, 0.717) is 24.4 Å². The van der Waals surface area contributed by atoms with Crippen molar-refractivity contribution < 1.29 is 4.79 Å². The van der Waals surface area contributed by atoms with Gasteiger partial charge in [0.25, 0.3) is 0 Å². The average molecular weight is 276 g/mol. The molecule has 3 nitrogen and oxygen atoms in total. The molecule has 0 saturated heterocycles. The Kier molecular flexibility index (Phi) is 6.21. The normalized spacial score (nSPS) is 11.4. The molecule has 0 aliphatic rings. The van der Waals surface area contributed by atoms with Crippen LogP contribution in [0.2, 0.25) is 0 Å². The van der Waals surface area contributed by atoms with Crippen LogP contribution in [0.25, 0.3) is 0 Å². The zero-order valence-corrected chi connectivity index (χ0v) is 13.6. The van der Waals surface area contributed by atoms with Crippen LogP contribution in [0.4, 0.5) is 5.69 Å². The second kappa shape index (κ2) is 7.44. The van der Waals surface area contributed by atoms with Gasteiger partial charge in [-0.25, -0.2) is 0 Å². The van der Waals surface area contributed by atoms with Gasteiger partial charge in [0.05, 0.1) is 6.54 Å². The molecule has 0 heterocycles. The minimum atomic E-state index is 0.0119. The Labute approximate surface area is 123 Å². The Balaban J connectivity index is 2.86. The van der Waals surface area contributed by atoms with E-state index in [4.69, 9.17) is 0 Å². The minimum absolute atomic E-state index is 0.0119. The van der Waals surface area contributed by atoms with Crippen molar-refractivity contribution in [3.8, 4) is 0 Å². The van der Waals surface area contributed by atoms with Crippen molar-refractivity contribution >= 4 is 11.6 Å². The molecule has 2 N–H and O–H groups in total. The van der Waals surface area contributed by atoms with E-state index >= 15 is 0 Å². The Morgan fingerprint density at radius 2 is 1.70 bits per heavy atom. The number of hydrogen-bond donors (Lipinski definition) is 2. The van der Waals surface area contributed by atoms with Gasteiger partial charge in [-0.05, 0) is 29.0 Å². The Morgan fingerprint density at radius 1 is 1.05 bits per heavy atom. The first-order valence-electron chi connectivity index (χ1n) is 7.48. The summed E-state index contributed by atoms with van der Waals surface area (Å²) >= 11 is 0. The van der Waals surface area contributed by atoms with Crippen molar-refractivity contribution in [3.05, 3.63) is 29.3 Å². The number of nitrogens with one attached hydrogen (secondary N) is 2. The molecule has 0 aliphatic carbocycles. The highest BCUT2D eigenvalue weighted by atomic mass is 16.1. The van der Waals surface area contributed by atoms with E-state index in [1.807, 2.05) is 19.9 Å². The van der Waals surface area contributed by atoms with Crippen LogP contribution in [0.1, 0.15) is 64.5 Å². The van der Waals surface area contributed by atoms with Crippen LogP contribution in [-0.2, 0) is 4.79 Å². The summed E-state index contributed by atoms with van der Waals surface area (Å²) in [5.41, 5.74) is 3.45. The second-order valence-electron chi connectivity index (χ2n) is 6.24. The number of benzene rings is 1. The van der Waals surface area contributed by atoms with E-state index in [2.05, 4.69) is 50.5 Å². The van der Waals surface area contributed by atoms with Gasteiger partial charge in [0.2, 0.25) is 5.91 Å². The summed E-state index contributed by atoms with van der Waals surface area (Å²) in [4.78, 5) is 11.9. The van der Waals surface area contributed by atoms with Gasteiger partial charge in [-0.2, -0.15) is 0 Å². The topological polar surface area (TPSA) is 41.1 Å². The summed E-state index contributed by atoms with van der Waals surface area (Å²) in [6.45, 7) is 13.1. The smallest absolute Gasteiger partial charge is 0.238 e. The van der Waals surface area contributed by atoms with Crippen molar-refractivity contribution in [2.45, 2.75) is 59.4 Å². The number of rotatable bonds is 6. The molecule has 0 bridgehead atoms. The first kappa shape index (κ1) is 16.7. The third kappa shape index (κ3) is 4.97. The van der Waals surface area contributed by atoms with Crippen molar-refractivity contribution in [1.82, 2.24) is 5.32 Å². The summed E-state index contributed by atoms with van der Waals surface area (Å²) in [5, 5.41) is 6.14. The number of carbonyl (C=O) groups is 1. The molecule has 0 unspecified atom stereocenters. The van der Waals surface area contributed by atoms with E-state index in [1.54, 1.807) is 0 Å². The molecule has 0 radical (unpaired) electrons. The first-order valence-corrected chi connectivity index (χ1v) is 7.48. The fraction of sp³-hybridized carbons (Fsp3) is 0.588. The van der Waals surface area contributed by atoms with Gasteiger partial charge in [0.15, 0.2) is 0 Å². The van der Waals surface area contributed by atoms with E-state index in [9.17, 15) is 4.79 Å². The first-order chi connectivity index (χ1) is 9.31. The standard InChI is InChI=1S/C17H28N2O/c1-11(2)14-7-8-16(15(9-14)12(3)4)19-17(20)10-18-13(5)6/h7-9,11-13,18H,10H2,1-6H3,(H,19,20). The van der Waals surface area contributed by atoms with E-state index in [0.717, 1.165) is 5.69 Å². The van der Waals surface area contributed by atoms with Crippen LogP contribution < -0.4 is 10.6 Å². The van der Waals surface area contributed by atoms with E-state index < -0.39 is 0 Å². The van der Waals surface area contributed by atoms with Gasteiger partial charge in [0.1, 0.15) is 0 Å². The molecule has 112 valence electrons. The van der Waals surface area contributed by atoms with Crippen molar-refractivity contribution in [3.63, 3.8) is 0 Å². The monoisotopic (exact) mass is 276 g/mol. The van der Waals surface area contributed by atoms with Crippen molar-refractivity contribution in [1.29, 1.82) is 0 Å². The number of amides is 1. The number of hydrogen-bond acceptors (Lipinski definition) is 2. The molecular formula is C17H28N2O. The molecule has 0 spiro atoms. The third-order valence-corrected chi connectivity index (χ3v) is 3.31. The lowest BCUT2D eigenvalue weighted by molar-refractivity contribution is -0.115. The van der Waals surface area contributed by atoms with Gasteiger partial charge in [-0.1, -0.05) is 53.7 Å². The lowest BCUT2D eigenvalue weighted by Crippen LogP contribution is -2.32. The highest BCUT2D eigenvalue weighted by molar-refractivity contribution is 5.93. The highest BCUT2D eigenvalue weighted by Crippen LogP contribution is 2.28. The second-order valence-corrected chi connectivity index (χ2v) is 6.24. The lowest BCUT2D eigenvalue weighted by Gasteiger charge is -2.17. The van der Waals surface area contributed by atoms with Gasteiger partial charge in [-0.3, -0.25) is 4.79 Å². The molecule has 0 fully saturated rings. The predicted molar refractivity (Wildman–Crippen MR) is 86.4 cm³/mol. The van der Waals surface area contributed by atoms with E-state index in [1.165, 1.54) is 11.1 Å². The zero-order valence-electron chi connectivity index (χ0n) is 13.6. The quantitative estimate of drug-likeness (QED) is 0.828. The summed E-state index contributed by atoms with van der Waals surface area (Å²) < 4.78 is 0. The molecule has 1 amide bonds. The Hall–Kier alpha value is -1.35. The largest absolute Gasteiger partial charge is 0.325 e. The highest BCUT2D eigenvalue weighted by Gasteiger charge is 2.12. The predicted octanol–water partition coefficient (Wildman–Crippen LogP) is 3.87. The molecular weight excluding hydrogens is 248 g/mol. The Morgan fingerprint density at radius 3 is 2.20 bits per heavy atom. The molecule has 0 saturated carbocycles. The zero-order chi connectivity index (χ0) is 15.3. The summed E-state index contributed by atoms with van der Waals surface area (Å²) in [6.07, 6.45) is 0. The van der Waals surface area contributed by atoms with Gasteiger partial charge >= 0.3 is 0 Å². The maximum Gasteiger partial charge on any atom is 0.238 e. The molecule has 0 atom stereocenters. The van der Waals surface area contributed by atoms with Crippen molar-refractivity contribution in [2.24, 2.45) is 0 Å². The van der Waals surface area contributed by atoms with Crippen LogP contribution in [0.3, 0.4) is 0 Å². The van der Waals surface area contributed by atoms with Crippen LogP contribution in [0.15, 0.2) is 18.2 Å². The van der Waals surface area contributed by atoms with Crippen molar-refractivity contribution in [2.75, 3.05) is 11.9 Å². The molecule has 0 aromatic heterocycles. The molecule has 1 rings (SSSR count). The molecule has 1 aromatic rings. The van der Waals surface area contributed by atoms with E-state index in [-0.39, 0.29) is 5.91 Å². The van der Waals surface area contributed by atoms with Gasteiger partial charge < -0.3 is 10.6 Å². The number of carbonyl (C=O) groups excluding carboxylic acids is 1. The number of anilines is 1. The maximum atomic E-state index is 11.9. The SMILES string of the molecule is CC(C)NCC(=O)Nc1ccc(C(C)C)cc1C(C)C. The van der Waals surface area contributed by atoms with Crippen LogP contribution in [0, 0.1) is 0 Å². The summed E-state index contributed by atoms with van der Waals surface area (Å²) in [6, 6.07) is 6.65. The third-order valence-electron chi connectivity index (χ3n) is 3.31. The minimum Gasteiger partial charge on any atom is -0.325 e. The van der Waals surface area contributed by atoms with Crippen LogP contribution >= 0.6 is 0 Å². The van der Waals surface area contributed by atoms with Gasteiger partial charge in [0, 0.05) is 11.7 Å². The summed E-state index contributed by atoms with van der Waals surface area (Å²) in [5.74, 6) is 0.903. The molecule has 20 heavy (non-hydrogen) atoms. The van der Waals surface area contributed by atoms with Crippen LogP contribution in [-0.4, -0.2) is 18.5 Å². The molecule has 3 heteroatoms. The maximum absolute atomic E-state index is 11.9. The lowest BCUT2D eigenvalue weighted by atomic mass is 9.94. The Bertz CT molecular complexity index is 450. The van der Waals surface area contributed by atoms with Gasteiger partial charge in [-0.15, -0.1) is 0 Å². The fourth-order valence-corrected chi connectivity index (χ4v) is 2.02. The van der Waals surface area contributed by atoms with Crippen LogP contribution in [0.5, 0.6) is 0 Å². The fourth-order valence-electron chi connectivity index (χ4n) is 2.02. The molecule has 1 aromatic carbocycles. The molecule has 0 aliphatic heterocycles. The average Bonchev–Trinajstić information content (AvgIpc) is 2.36.